The van der Waals surface area contributed by atoms with Crippen LogP contribution < -0.4 is 0 Å². The molecule has 1 aromatic carbocycles. The van der Waals surface area contributed by atoms with Crippen molar-refractivity contribution in [1.82, 2.24) is 0 Å². The van der Waals surface area contributed by atoms with Gasteiger partial charge in [0, 0.05) is 0 Å². The number of aryl methyl sites for hydroxylation is 4. The molecular weight excluding hydrogens is 264 g/mol. The first-order chi connectivity index (χ1) is 8.41. The van der Waals surface area contributed by atoms with Crippen molar-refractivity contribution >= 4 is 22.9 Å². The first-order valence-corrected chi connectivity index (χ1v) is 7.17. The van der Waals surface area contributed by atoms with Gasteiger partial charge in [-0.3, -0.25) is 0 Å². The molecule has 1 nitrogen and oxygen atoms in total. The second-order valence-electron chi connectivity index (χ2n) is 4.79. The predicted octanol–water partition coefficient (Wildman–Crippen LogP) is 4.72. The Hall–Kier alpha value is -0.830. The Balaban J connectivity index is 2.49. The molecule has 3 heteroatoms. The molecule has 1 unspecified atom stereocenters. The molecule has 0 aliphatic rings. The van der Waals surface area contributed by atoms with Gasteiger partial charge in [0.15, 0.2) is 0 Å². The van der Waals surface area contributed by atoms with Crippen molar-refractivity contribution in [3.05, 3.63) is 55.2 Å². The van der Waals surface area contributed by atoms with Crippen LogP contribution in [0.2, 0.25) is 5.02 Å². The maximum absolute atomic E-state index is 10.5. The van der Waals surface area contributed by atoms with Crippen LogP contribution >= 0.6 is 22.9 Å². The molecule has 2 aromatic rings. The fraction of sp³-hybridized carbons (Fsp3) is 0.333. The molecule has 0 bridgehead atoms. The minimum Gasteiger partial charge on any atom is -0.383 e. The number of benzene rings is 1. The number of hydrogen-bond donors (Lipinski definition) is 1. The van der Waals surface area contributed by atoms with Gasteiger partial charge in [-0.05, 0) is 60.9 Å². The number of thiophene rings is 1. The van der Waals surface area contributed by atoms with Crippen LogP contribution in [0, 0.1) is 27.7 Å². The van der Waals surface area contributed by atoms with Gasteiger partial charge in [0.05, 0.1) is 9.90 Å². The van der Waals surface area contributed by atoms with Crippen molar-refractivity contribution in [2.45, 2.75) is 33.8 Å². The van der Waals surface area contributed by atoms with Crippen LogP contribution in [0.5, 0.6) is 0 Å². The highest BCUT2D eigenvalue weighted by Gasteiger charge is 2.19. The molecule has 2 rings (SSSR count). The quantitative estimate of drug-likeness (QED) is 0.844. The summed E-state index contributed by atoms with van der Waals surface area (Å²) >= 11 is 7.74. The molecule has 0 radical (unpaired) electrons. The van der Waals surface area contributed by atoms with Crippen molar-refractivity contribution in [2.24, 2.45) is 0 Å². The molecule has 0 spiro atoms. The third kappa shape index (κ3) is 2.33. The summed E-state index contributed by atoms with van der Waals surface area (Å²) in [6.45, 7) is 8.13. The standard InChI is InChI=1S/C15H17ClOS/c1-8-5-10(3)12(6-9(8)2)14(17)15-13(16)11(4)7-18-15/h5-7,14,17H,1-4H3. The molecular formula is C15H17ClOS. The first kappa shape index (κ1) is 13.6. The second-order valence-corrected chi connectivity index (χ2v) is 6.08. The average Bonchev–Trinajstić information content (AvgIpc) is 2.64. The minimum absolute atomic E-state index is 0.629. The molecule has 1 N–H and O–H groups in total. The second kappa shape index (κ2) is 5.04. The summed E-state index contributed by atoms with van der Waals surface area (Å²) in [6, 6.07) is 4.17. The Morgan fingerprint density at radius 2 is 1.61 bits per heavy atom. The van der Waals surface area contributed by atoms with Crippen molar-refractivity contribution in [3.63, 3.8) is 0 Å². The van der Waals surface area contributed by atoms with Crippen LogP contribution in [0.4, 0.5) is 0 Å². The van der Waals surface area contributed by atoms with Crippen molar-refractivity contribution in [3.8, 4) is 0 Å². The number of hydrogen-bond acceptors (Lipinski definition) is 2. The third-order valence-corrected chi connectivity index (χ3v) is 5.12. The lowest BCUT2D eigenvalue weighted by atomic mass is 9.96. The van der Waals surface area contributed by atoms with Gasteiger partial charge in [-0.15, -0.1) is 11.3 Å². The molecule has 18 heavy (non-hydrogen) atoms. The summed E-state index contributed by atoms with van der Waals surface area (Å²) in [5, 5.41) is 13.2. The monoisotopic (exact) mass is 280 g/mol. The molecule has 1 heterocycles. The fourth-order valence-electron chi connectivity index (χ4n) is 2.05. The van der Waals surface area contributed by atoms with Gasteiger partial charge in [0.1, 0.15) is 6.10 Å². The Morgan fingerprint density at radius 1 is 1.00 bits per heavy atom. The molecule has 96 valence electrons. The lowest BCUT2D eigenvalue weighted by Crippen LogP contribution is -2.02. The third-order valence-electron chi connectivity index (χ3n) is 3.35. The molecule has 0 saturated carbocycles. The number of rotatable bonds is 2. The smallest absolute Gasteiger partial charge is 0.115 e. The van der Waals surface area contributed by atoms with Crippen molar-refractivity contribution in [1.29, 1.82) is 0 Å². The van der Waals surface area contributed by atoms with E-state index in [-0.39, 0.29) is 0 Å². The maximum atomic E-state index is 10.5. The zero-order chi connectivity index (χ0) is 13.4. The first-order valence-electron chi connectivity index (χ1n) is 5.91. The zero-order valence-corrected chi connectivity index (χ0v) is 12.6. The van der Waals surface area contributed by atoms with Gasteiger partial charge in [-0.2, -0.15) is 0 Å². The van der Waals surface area contributed by atoms with Crippen LogP contribution in [0.25, 0.3) is 0 Å². The van der Waals surface area contributed by atoms with Gasteiger partial charge in [-0.25, -0.2) is 0 Å². The topological polar surface area (TPSA) is 20.2 Å². The number of halogens is 1. The summed E-state index contributed by atoms with van der Waals surface area (Å²) in [6.07, 6.45) is -0.629. The lowest BCUT2D eigenvalue weighted by molar-refractivity contribution is 0.223. The van der Waals surface area contributed by atoms with Gasteiger partial charge < -0.3 is 5.11 Å². The molecule has 0 amide bonds. The largest absolute Gasteiger partial charge is 0.383 e. The Kier molecular flexibility index (Phi) is 3.81. The van der Waals surface area contributed by atoms with E-state index in [9.17, 15) is 5.11 Å². The average molecular weight is 281 g/mol. The van der Waals surface area contributed by atoms with Crippen LogP contribution in [0.3, 0.4) is 0 Å². The van der Waals surface area contributed by atoms with Crippen molar-refractivity contribution < 1.29 is 5.11 Å². The Morgan fingerprint density at radius 3 is 2.17 bits per heavy atom. The molecule has 1 atom stereocenters. The van der Waals surface area contributed by atoms with E-state index in [4.69, 9.17) is 11.6 Å². The molecule has 1 aromatic heterocycles. The maximum Gasteiger partial charge on any atom is 0.115 e. The summed E-state index contributed by atoms with van der Waals surface area (Å²) in [5.41, 5.74) is 5.52. The van der Waals surface area contributed by atoms with Gasteiger partial charge in [-0.1, -0.05) is 23.7 Å². The van der Waals surface area contributed by atoms with Crippen LogP contribution in [-0.2, 0) is 0 Å². The van der Waals surface area contributed by atoms with Gasteiger partial charge in [0.25, 0.3) is 0 Å². The van der Waals surface area contributed by atoms with Gasteiger partial charge >= 0.3 is 0 Å². The number of aliphatic hydroxyl groups is 1. The van der Waals surface area contributed by atoms with Crippen molar-refractivity contribution in [2.75, 3.05) is 0 Å². The van der Waals surface area contributed by atoms with E-state index in [0.29, 0.717) is 5.02 Å². The highest BCUT2D eigenvalue weighted by Crippen LogP contribution is 2.37. The predicted molar refractivity (Wildman–Crippen MR) is 78.8 cm³/mol. The van der Waals surface area contributed by atoms with E-state index in [1.54, 1.807) is 0 Å². The Bertz CT molecular complexity index is 586. The van der Waals surface area contributed by atoms with E-state index < -0.39 is 6.10 Å². The number of aliphatic hydroxyl groups excluding tert-OH is 1. The van der Waals surface area contributed by atoms with Crippen LogP contribution in [0.1, 0.15) is 38.8 Å². The summed E-state index contributed by atoms with van der Waals surface area (Å²) in [4.78, 5) is 0.834. The lowest BCUT2D eigenvalue weighted by Gasteiger charge is -2.15. The summed E-state index contributed by atoms with van der Waals surface area (Å²) in [5.74, 6) is 0. The summed E-state index contributed by atoms with van der Waals surface area (Å²) in [7, 11) is 0. The normalized spacial score (nSPS) is 12.8. The van der Waals surface area contributed by atoms with Crippen LogP contribution in [-0.4, -0.2) is 5.11 Å². The molecule has 0 fully saturated rings. The van der Waals surface area contributed by atoms with Crippen LogP contribution in [0.15, 0.2) is 17.5 Å². The molecule has 0 aliphatic heterocycles. The van der Waals surface area contributed by atoms with Gasteiger partial charge in [0.2, 0.25) is 0 Å². The molecule has 0 aliphatic carbocycles. The molecule has 0 saturated heterocycles. The SMILES string of the molecule is Cc1cc(C)c(C(O)c2scc(C)c2Cl)cc1C. The van der Waals surface area contributed by atoms with E-state index >= 15 is 0 Å². The zero-order valence-electron chi connectivity index (χ0n) is 11.0. The highest BCUT2D eigenvalue weighted by molar-refractivity contribution is 7.10. The van der Waals surface area contributed by atoms with E-state index in [1.165, 1.54) is 22.5 Å². The fourth-order valence-corrected chi connectivity index (χ4v) is 3.35. The van der Waals surface area contributed by atoms with E-state index in [2.05, 4.69) is 26.0 Å². The van der Waals surface area contributed by atoms with E-state index in [1.807, 2.05) is 19.2 Å². The Labute approximate surface area is 117 Å². The highest BCUT2D eigenvalue weighted by atomic mass is 35.5. The van der Waals surface area contributed by atoms with E-state index in [0.717, 1.165) is 21.6 Å². The minimum atomic E-state index is -0.629. The summed E-state index contributed by atoms with van der Waals surface area (Å²) < 4.78 is 0.